The summed E-state index contributed by atoms with van der Waals surface area (Å²) in [5.41, 5.74) is -0.463. The van der Waals surface area contributed by atoms with E-state index in [2.05, 4.69) is 13.8 Å². The second kappa shape index (κ2) is 5.36. The van der Waals surface area contributed by atoms with Gasteiger partial charge in [-0.05, 0) is 12.3 Å². The predicted molar refractivity (Wildman–Crippen MR) is 64.5 cm³/mol. The molecule has 0 spiro atoms. The number of carbonyl (C=O) groups excluding carboxylic acids is 1. The third kappa shape index (κ3) is 2.33. The Labute approximate surface area is 104 Å². The lowest BCUT2D eigenvalue weighted by molar-refractivity contribution is -0.210. The van der Waals surface area contributed by atoms with Crippen molar-refractivity contribution >= 4 is 5.97 Å². The summed E-state index contributed by atoms with van der Waals surface area (Å²) in [4.78, 5) is 12.1. The normalized spacial score (nSPS) is 29.0. The first kappa shape index (κ1) is 14.5. The van der Waals surface area contributed by atoms with Gasteiger partial charge >= 0.3 is 5.97 Å². The van der Waals surface area contributed by atoms with Crippen molar-refractivity contribution in [1.82, 2.24) is 0 Å². The summed E-state index contributed by atoms with van der Waals surface area (Å²) < 4.78 is 15.9. The molecule has 0 radical (unpaired) electrons. The lowest BCUT2D eigenvalue weighted by Crippen LogP contribution is -2.40. The molecule has 0 aromatic rings. The van der Waals surface area contributed by atoms with Gasteiger partial charge in [0.05, 0.1) is 12.5 Å². The van der Waals surface area contributed by atoms with Crippen LogP contribution in [-0.2, 0) is 19.0 Å². The van der Waals surface area contributed by atoms with Gasteiger partial charge in [-0.15, -0.1) is 0 Å². The van der Waals surface area contributed by atoms with Crippen LogP contribution < -0.4 is 0 Å². The molecule has 0 aromatic carbocycles. The minimum atomic E-state index is -0.627. The lowest BCUT2D eigenvalue weighted by Gasteiger charge is -2.34. The van der Waals surface area contributed by atoms with Gasteiger partial charge in [-0.25, -0.2) is 0 Å². The molecule has 0 N–H and O–H groups in total. The highest BCUT2D eigenvalue weighted by molar-refractivity contribution is 5.77. The van der Waals surface area contributed by atoms with Crippen LogP contribution in [0.3, 0.4) is 0 Å². The van der Waals surface area contributed by atoms with Gasteiger partial charge in [0, 0.05) is 27.1 Å². The molecule has 1 aliphatic carbocycles. The minimum Gasteiger partial charge on any atom is -0.469 e. The van der Waals surface area contributed by atoms with E-state index in [0.29, 0.717) is 6.42 Å². The first-order chi connectivity index (χ1) is 8.00. The molecule has 0 saturated heterocycles. The van der Waals surface area contributed by atoms with E-state index in [9.17, 15) is 4.79 Å². The van der Waals surface area contributed by atoms with Crippen LogP contribution in [0.2, 0.25) is 0 Å². The van der Waals surface area contributed by atoms with Gasteiger partial charge in [-0.1, -0.05) is 20.3 Å². The van der Waals surface area contributed by atoms with Crippen LogP contribution >= 0.6 is 0 Å². The highest BCUT2D eigenvalue weighted by Crippen LogP contribution is 2.52. The van der Waals surface area contributed by atoms with Gasteiger partial charge in [0.25, 0.3) is 0 Å². The fraction of sp³-hybridized carbons (Fsp3) is 0.923. The maximum Gasteiger partial charge on any atom is 0.312 e. The van der Waals surface area contributed by atoms with Crippen LogP contribution in [0.25, 0.3) is 0 Å². The van der Waals surface area contributed by atoms with Gasteiger partial charge in [0.1, 0.15) is 0 Å². The summed E-state index contributed by atoms with van der Waals surface area (Å²) >= 11 is 0. The maximum atomic E-state index is 12.1. The average molecular weight is 244 g/mol. The zero-order valence-corrected chi connectivity index (χ0v) is 11.5. The summed E-state index contributed by atoms with van der Waals surface area (Å²) in [6.07, 6.45) is 3.02. The molecule has 0 bridgehead atoms. The van der Waals surface area contributed by atoms with Crippen molar-refractivity contribution in [2.75, 3.05) is 21.3 Å². The third-order valence-electron chi connectivity index (χ3n) is 4.43. The van der Waals surface area contributed by atoms with Crippen molar-refractivity contribution in [3.05, 3.63) is 0 Å². The lowest BCUT2D eigenvalue weighted by atomic mass is 9.73. The number of carbonyl (C=O) groups is 1. The van der Waals surface area contributed by atoms with Crippen LogP contribution in [0.5, 0.6) is 0 Å². The Morgan fingerprint density at radius 1 is 1.24 bits per heavy atom. The number of hydrogen-bond donors (Lipinski definition) is 0. The summed E-state index contributed by atoms with van der Waals surface area (Å²) in [7, 11) is 4.72. The zero-order valence-electron chi connectivity index (χ0n) is 11.5. The van der Waals surface area contributed by atoms with Crippen molar-refractivity contribution in [1.29, 1.82) is 0 Å². The quantitative estimate of drug-likeness (QED) is 0.550. The predicted octanol–water partition coefficient (Wildman–Crippen LogP) is 2.36. The van der Waals surface area contributed by atoms with Crippen molar-refractivity contribution in [2.24, 2.45) is 11.3 Å². The van der Waals surface area contributed by atoms with Gasteiger partial charge < -0.3 is 14.2 Å². The molecule has 100 valence electrons. The standard InChI is InChI=1S/C13H24O4/c1-6-10(2)12(11(14)15-3)7-8-13(9-12,16-4)17-5/h10H,6-9H2,1-5H3. The summed E-state index contributed by atoms with van der Waals surface area (Å²) in [6, 6.07) is 0. The largest absolute Gasteiger partial charge is 0.469 e. The van der Waals surface area contributed by atoms with Gasteiger partial charge in [-0.3, -0.25) is 4.79 Å². The average Bonchev–Trinajstić information content (AvgIpc) is 2.78. The Morgan fingerprint density at radius 3 is 2.18 bits per heavy atom. The fourth-order valence-electron chi connectivity index (χ4n) is 2.89. The molecule has 4 heteroatoms. The topological polar surface area (TPSA) is 44.8 Å². The molecule has 1 rings (SSSR count). The first-order valence-corrected chi connectivity index (χ1v) is 6.19. The number of hydrogen-bond acceptors (Lipinski definition) is 4. The molecular formula is C13H24O4. The SMILES string of the molecule is CCC(C)C1(C(=O)OC)CCC(OC)(OC)C1. The number of esters is 1. The van der Waals surface area contributed by atoms with E-state index in [1.165, 1.54) is 7.11 Å². The molecule has 1 aliphatic rings. The smallest absolute Gasteiger partial charge is 0.312 e. The molecule has 2 atom stereocenters. The molecule has 17 heavy (non-hydrogen) atoms. The molecule has 4 nitrogen and oxygen atoms in total. The van der Waals surface area contributed by atoms with Gasteiger partial charge in [0.15, 0.2) is 5.79 Å². The number of rotatable bonds is 5. The maximum absolute atomic E-state index is 12.1. The molecule has 1 fully saturated rings. The van der Waals surface area contributed by atoms with E-state index in [-0.39, 0.29) is 11.9 Å². The zero-order chi connectivity index (χ0) is 13.1. The van der Waals surface area contributed by atoms with E-state index in [1.807, 2.05) is 0 Å². The molecule has 0 aromatic heterocycles. The molecule has 0 aliphatic heterocycles. The second-order valence-electron chi connectivity index (χ2n) is 4.95. The Balaban J connectivity index is 3.00. The summed E-state index contributed by atoms with van der Waals surface area (Å²) in [5, 5.41) is 0. The number of ether oxygens (including phenoxy) is 3. The monoisotopic (exact) mass is 244 g/mol. The van der Waals surface area contributed by atoms with E-state index in [1.54, 1.807) is 14.2 Å². The molecular weight excluding hydrogens is 220 g/mol. The highest BCUT2D eigenvalue weighted by Gasteiger charge is 2.56. The fourth-order valence-corrected chi connectivity index (χ4v) is 2.89. The van der Waals surface area contributed by atoms with Crippen molar-refractivity contribution in [2.45, 2.75) is 45.3 Å². The minimum absolute atomic E-state index is 0.136. The van der Waals surface area contributed by atoms with Crippen LogP contribution in [0, 0.1) is 11.3 Å². The summed E-state index contributed by atoms with van der Waals surface area (Å²) in [6.45, 7) is 4.19. The second-order valence-corrected chi connectivity index (χ2v) is 4.95. The summed E-state index contributed by atoms with van der Waals surface area (Å²) in [5.74, 6) is -0.498. The Bertz CT molecular complexity index is 273. The molecule has 1 saturated carbocycles. The Kier molecular flexibility index (Phi) is 4.55. The Hall–Kier alpha value is -0.610. The van der Waals surface area contributed by atoms with Crippen LogP contribution in [0.4, 0.5) is 0 Å². The van der Waals surface area contributed by atoms with Crippen molar-refractivity contribution in [3.8, 4) is 0 Å². The van der Waals surface area contributed by atoms with Crippen LogP contribution in [0.1, 0.15) is 39.5 Å². The number of methoxy groups -OCH3 is 3. The van der Waals surface area contributed by atoms with Gasteiger partial charge in [0.2, 0.25) is 0 Å². The Morgan fingerprint density at radius 2 is 1.82 bits per heavy atom. The van der Waals surface area contributed by atoms with Gasteiger partial charge in [-0.2, -0.15) is 0 Å². The molecule has 0 heterocycles. The molecule has 0 amide bonds. The third-order valence-corrected chi connectivity index (χ3v) is 4.43. The van der Waals surface area contributed by atoms with Crippen LogP contribution in [-0.4, -0.2) is 33.1 Å². The highest BCUT2D eigenvalue weighted by atomic mass is 16.7. The van der Waals surface area contributed by atoms with Crippen molar-refractivity contribution < 1.29 is 19.0 Å². The van der Waals surface area contributed by atoms with E-state index < -0.39 is 11.2 Å². The van der Waals surface area contributed by atoms with E-state index in [0.717, 1.165) is 19.3 Å². The molecule has 2 unspecified atom stereocenters. The van der Waals surface area contributed by atoms with Crippen LogP contribution in [0.15, 0.2) is 0 Å². The first-order valence-electron chi connectivity index (χ1n) is 6.19. The van der Waals surface area contributed by atoms with Crippen molar-refractivity contribution in [3.63, 3.8) is 0 Å². The van der Waals surface area contributed by atoms with E-state index >= 15 is 0 Å². The van der Waals surface area contributed by atoms with E-state index in [4.69, 9.17) is 14.2 Å².